The summed E-state index contributed by atoms with van der Waals surface area (Å²) < 4.78 is 4.78. The van der Waals surface area contributed by atoms with E-state index >= 15 is 0 Å². The van der Waals surface area contributed by atoms with Crippen LogP contribution < -0.4 is 0 Å². The van der Waals surface area contributed by atoms with Gasteiger partial charge in [-0.25, -0.2) is 4.63 Å². The number of hydrogen-bond acceptors (Lipinski definition) is 5. The molecule has 22 heavy (non-hydrogen) atoms. The lowest BCUT2D eigenvalue weighted by Gasteiger charge is -2.47. The second-order valence-corrected chi connectivity index (χ2v) is 7.33. The normalized spacial score (nSPS) is 25.9. The van der Waals surface area contributed by atoms with Gasteiger partial charge in [-0.1, -0.05) is 10.3 Å². The van der Waals surface area contributed by atoms with Gasteiger partial charge in [0.05, 0.1) is 0 Å². The molecule has 1 spiro atoms. The van der Waals surface area contributed by atoms with Gasteiger partial charge in [0, 0.05) is 25.6 Å². The Hall–Kier alpha value is -1.43. The van der Waals surface area contributed by atoms with E-state index in [4.69, 9.17) is 4.63 Å². The van der Waals surface area contributed by atoms with Gasteiger partial charge >= 0.3 is 0 Å². The van der Waals surface area contributed by atoms with Crippen molar-refractivity contribution in [2.24, 2.45) is 5.41 Å². The van der Waals surface area contributed by atoms with Crippen LogP contribution in [-0.2, 0) is 11.3 Å². The van der Waals surface area contributed by atoms with Crippen molar-refractivity contribution in [3.05, 3.63) is 11.4 Å². The summed E-state index contributed by atoms with van der Waals surface area (Å²) in [6.45, 7) is 5.93. The zero-order chi connectivity index (χ0) is 15.2. The smallest absolute Gasteiger partial charge is 0.222 e. The highest BCUT2D eigenvalue weighted by molar-refractivity contribution is 5.77. The monoisotopic (exact) mass is 304 g/mol. The number of carbonyl (C=O) groups is 1. The molecule has 1 amide bonds. The second-order valence-electron chi connectivity index (χ2n) is 7.33. The first-order valence-electron chi connectivity index (χ1n) is 8.45. The minimum absolute atomic E-state index is 0.365. The van der Waals surface area contributed by atoms with Crippen LogP contribution in [0.2, 0.25) is 0 Å². The number of aromatic nitrogens is 2. The maximum Gasteiger partial charge on any atom is 0.222 e. The summed E-state index contributed by atoms with van der Waals surface area (Å²) in [6.07, 6.45) is 6.64. The molecule has 3 fully saturated rings. The standard InChI is InChI=1S/C16H24N4O2/c1-12-14(18-22-17-12)10-19-8-6-16(7-9-19)5-4-15(21)20(11-16)13-2-3-13/h13H,2-11H2,1H3. The van der Waals surface area contributed by atoms with Gasteiger partial charge in [0.2, 0.25) is 5.91 Å². The summed E-state index contributed by atoms with van der Waals surface area (Å²) in [5.41, 5.74) is 2.21. The van der Waals surface area contributed by atoms with Crippen LogP contribution in [0.5, 0.6) is 0 Å². The fourth-order valence-electron chi connectivity index (χ4n) is 3.96. The molecule has 2 saturated heterocycles. The molecule has 4 rings (SSSR count). The van der Waals surface area contributed by atoms with Crippen molar-refractivity contribution in [1.29, 1.82) is 0 Å². The summed E-state index contributed by atoms with van der Waals surface area (Å²) in [4.78, 5) is 16.7. The number of carbonyl (C=O) groups excluding carboxylic acids is 1. The molecular weight excluding hydrogens is 280 g/mol. The lowest BCUT2D eigenvalue weighted by Crippen LogP contribution is -2.52. The van der Waals surface area contributed by atoms with Crippen LogP contribution in [0.4, 0.5) is 0 Å². The molecule has 0 bridgehead atoms. The molecule has 6 nitrogen and oxygen atoms in total. The Labute approximate surface area is 130 Å². The van der Waals surface area contributed by atoms with Crippen molar-refractivity contribution in [2.75, 3.05) is 19.6 Å². The van der Waals surface area contributed by atoms with Crippen molar-refractivity contribution >= 4 is 5.91 Å². The minimum Gasteiger partial charge on any atom is -0.339 e. The first-order valence-corrected chi connectivity index (χ1v) is 8.45. The van der Waals surface area contributed by atoms with Crippen LogP contribution in [0.25, 0.3) is 0 Å². The molecule has 0 atom stereocenters. The summed E-state index contributed by atoms with van der Waals surface area (Å²) in [5, 5.41) is 7.84. The Kier molecular flexibility index (Phi) is 3.44. The van der Waals surface area contributed by atoms with Gasteiger partial charge in [0.25, 0.3) is 0 Å². The van der Waals surface area contributed by atoms with Crippen LogP contribution in [0.15, 0.2) is 4.63 Å². The Balaban J connectivity index is 1.36. The summed E-state index contributed by atoms with van der Waals surface area (Å²) in [5.74, 6) is 0.389. The number of nitrogens with zero attached hydrogens (tertiary/aromatic N) is 4. The highest BCUT2D eigenvalue weighted by atomic mass is 16.6. The Morgan fingerprint density at radius 1 is 1.23 bits per heavy atom. The van der Waals surface area contributed by atoms with Gasteiger partial charge < -0.3 is 4.90 Å². The van der Waals surface area contributed by atoms with E-state index in [-0.39, 0.29) is 0 Å². The zero-order valence-corrected chi connectivity index (χ0v) is 13.3. The molecule has 3 aliphatic rings. The minimum atomic E-state index is 0.365. The molecular formula is C16H24N4O2. The molecule has 6 heteroatoms. The molecule has 1 aromatic rings. The fourth-order valence-corrected chi connectivity index (χ4v) is 3.96. The molecule has 0 unspecified atom stereocenters. The third-order valence-electron chi connectivity index (χ3n) is 5.72. The Morgan fingerprint density at radius 2 is 2.00 bits per heavy atom. The van der Waals surface area contributed by atoms with Crippen molar-refractivity contribution in [2.45, 2.75) is 58.0 Å². The predicted molar refractivity (Wildman–Crippen MR) is 79.9 cm³/mol. The number of amides is 1. The SMILES string of the molecule is Cc1nonc1CN1CCC2(CCC(=O)N(C3CC3)C2)CC1. The molecule has 0 N–H and O–H groups in total. The third kappa shape index (κ3) is 2.64. The molecule has 1 aromatic heterocycles. The van der Waals surface area contributed by atoms with E-state index in [0.717, 1.165) is 50.4 Å². The first kappa shape index (κ1) is 14.2. The summed E-state index contributed by atoms with van der Waals surface area (Å²) in [6, 6.07) is 0.562. The van der Waals surface area contributed by atoms with Gasteiger partial charge in [-0.15, -0.1) is 0 Å². The quantitative estimate of drug-likeness (QED) is 0.851. The third-order valence-corrected chi connectivity index (χ3v) is 5.72. The lowest BCUT2D eigenvalue weighted by atomic mass is 9.72. The summed E-state index contributed by atoms with van der Waals surface area (Å²) >= 11 is 0. The van der Waals surface area contributed by atoms with Gasteiger partial charge in [-0.05, 0) is 57.5 Å². The summed E-state index contributed by atoms with van der Waals surface area (Å²) in [7, 11) is 0. The maximum atomic E-state index is 12.1. The molecule has 0 aromatic carbocycles. The number of hydrogen-bond donors (Lipinski definition) is 0. The van der Waals surface area contributed by atoms with Crippen LogP contribution in [0.3, 0.4) is 0 Å². The number of aryl methyl sites for hydroxylation is 1. The van der Waals surface area contributed by atoms with Crippen LogP contribution >= 0.6 is 0 Å². The van der Waals surface area contributed by atoms with Gasteiger partial charge in [-0.3, -0.25) is 9.69 Å². The van der Waals surface area contributed by atoms with Crippen LogP contribution in [0.1, 0.15) is 49.9 Å². The molecule has 0 radical (unpaired) electrons. The fraction of sp³-hybridized carbons (Fsp3) is 0.812. The highest BCUT2D eigenvalue weighted by Crippen LogP contribution is 2.43. The van der Waals surface area contributed by atoms with E-state index in [2.05, 4.69) is 20.1 Å². The van der Waals surface area contributed by atoms with Gasteiger partial charge in [0.1, 0.15) is 11.4 Å². The van der Waals surface area contributed by atoms with Crippen LogP contribution in [-0.4, -0.2) is 51.7 Å². The number of likely N-dealkylation sites (tertiary alicyclic amines) is 2. The average molecular weight is 304 g/mol. The average Bonchev–Trinajstić information content (AvgIpc) is 3.29. The van der Waals surface area contributed by atoms with Crippen molar-refractivity contribution in [1.82, 2.24) is 20.1 Å². The highest BCUT2D eigenvalue weighted by Gasteiger charge is 2.45. The number of rotatable bonds is 3. The lowest BCUT2D eigenvalue weighted by molar-refractivity contribution is -0.139. The zero-order valence-electron chi connectivity index (χ0n) is 13.3. The molecule has 1 aliphatic carbocycles. The Morgan fingerprint density at radius 3 is 2.64 bits per heavy atom. The molecule has 1 saturated carbocycles. The van der Waals surface area contributed by atoms with E-state index in [1.54, 1.807) is 0 Å². The largest absolute Gasteiger partial charge is 0.339 e. The van der Waals surface area contributed by atoms with Gasteiger partial charge in [-0.2, -0.15) is 0 Å². The van der Waals surface area contributed by atoms with Gasteiger partial charge in [0.15, 0.2) is 0 Å². The van der Waals surface area contributed by atoms with E-state index < -0.39 is 0 Å². The number of piperidine rings is 2. The second kappa shape index (κ2) is 5.33. The van der Waals surface area contributed by atoms with E-state index in [0.29, 0.717) is 17.4 Å². The van der Waals surface area contributed by atoms with Crippen LogP contribution in [0, 0.1) is 12.3 Å². The van der Waals surface area contributed by atoms with E-state index in [9.17, 15) is 4.79 Å². The first-order chi connectivity index (χ1) is 10.7. The van der Waals surface area contributed by atoms with E-state index in [1.165, 1.54) is 25.7 Å². The topological polar surface area (TPSA) is 62.5 Å². The van der Waals surface area contributed by atoms with Crippen molar-refractivity contribution < 1.29 is 9.42 Å². The molecule has 3 heterocycles. The Bertz CT molecular complexity index is 558. The van der Waals surface area contributed by atoms with Crippen molar-refractivity contribution in [3.8, 4) is 0 Å². The van der Waals surface area contributed by atoms with Crippen molar-refractivity contribution in [3.63, 3.8) is 0 Å². The molecule has 120 valence electrons. The van der Waals surface area contributed by atoms with E-state index in [1.807, 2.05) is 6.92 Å². The molecule has 2 aliphatic heterocycles. The predicted octanol–water partition coefficient (Wildman–Crippen LogP) is 1.75. The maximum absolute atomic E-state index is 12.1.